The van der Waals surface area contributed by atoms with Crippen LogP contribution in [0.3, 0.4) is 0 Å². The van der Waals surface area contributed by atoms with Gasteiger partial charge in [-0.1, -0.05) is 48.5 Å². The Labute approximate surface area is 120 Å². The van der Waals surface area contributed by atoms with Crippen molar-refractivity contribution in [2.24, 2.45) is 5.73 Å². The molecule has 3 N–H and O–H groups in total. The van der Waals surface area contributed by atoms with Gasteiger partial charge < -0.3 is 11.1 Å². The van der Waals surface area contributed by atoms with E-state index in [-0.39, 0.29) is 11.6 Å². The van der Waals surface area contributed by atoms with Crippen LogP contribution in [0.1, 0.15) is 42.1 Å². The maximum atomic E-state index is 6.14. The van der Waals surface area contributed by atoms with Gasteiger partial charge >= 0.3 is 0 Å². The van der Waals surface area contributed by atoms with Gasteiger partial charge in [-0.05, 0) is 48.4 Å². The number of rotatable bonds is 2. The number of benzene rings is 2. The lowest BCUT2D eigenvalue weighted by molar-refractivity contribution is 0.554. The summed E-state index contributed by atoms with van der Waals surface area (Å²) in [6.07, 6.45) is 4.14. The van der Waals surface area contributed by atoms with Gasteiger partial charge in [0.1, 0.15) is 0 Å². The molecular weight excluding hydrogens is 244 g/mol. The van der Waals surface area contributed by atoms with Gasteiger partial charge in [0, 0.05) is 5.54 Å². The zero-order valence-corrected chi connectivity index (χ0v) is 11.9. The average Bonchev–Trinajstić information content (AvgIpc) is 2.46. The van der Waals surface area contributed by atoms with Gasteiger partial charge in [0.2, 0.25) is 0 Å². The van der Waals surface area contributed by atoms with Gasteiger partial charge in [0.15, 0.2) is 0 Å². The molecule has 102 valence electrons. The van der Waals surface area contributed by atoms with E-state index in [9.17, 15) is 0 Å². The molecule has 0 saturated heterocycles. The molecule has 0 amide bonds. The van der Waals surface area contributed by atoms with Crippen molar-refractivity contribution in [3.05, 3.63) is 77.0 Å². The molecule has 1 atom stereocenters. The summed E-state index contributed by atoms with van der Waals surface area (Å²) in [5, 5.41) is 3.44. The molecule has 2 aromatic carbocycles. The molecule has 2 aromatic rings. The zero-order chi connectivity index (χ0) is 14.2. The minimum absolute atomic E-state index is 0.214. The first kappa shape index (κ1) is 12.9. The van der Waals surface area contributed by atoms with Gasteiger partial charge in [0.05, 0.1) is 6.04 Å². The van der Waals surface area contributed by atoms with Crippen LogP contribution in [0, 0.1) is 0 Å². The molecule has 1 unspecified atom stereocenters. The van der Waals surface area contributed by atoms with Crippen LogP contribution in [-0.2, 0) is 5.54 Å². The molecule has 2 nitrogen and oxygen atoms in total. The maximum Gasteiger partial charge on any atom is 0.0768 e. The smallest absolute Gasteiger partial charge is 0.0768 e. The number of nitrogens with two attached hydrogens (primary N) is 1. The molecule has 0 aromatic heterocycles. The molecular formula is C18H20N2. The van der Waals surface area contributed by atoms with Crippen LogP contribution in [0.15, 0.2) is 54.7 Å². The molecule has 1 heterocycles. The van der Waals surface area contributed by atoms with Crippen LogP contribution in [0.4, 0.5) is 0 Å². The van der Waals surface area contributed by atoms with E-state index in [2.05, 4.69) is 59.9 Å². The summed E-state index contributed by atoms with van der Waals surface area (Å²) < 4.78 is 0. The van der Waals surface area contributed by atoms with Crippen molar-refractivity contribution in [2.75, 3.05) is 0 Å². The molecule has 0 spiro atoms. The Bertz CT molecular complexity index is 633. The minimum Gasteiger partial charge on any atom is -0.380 e. The first-order valence-electron chi connectivity index (χ1n) is 6.96. The summed E-state index contributed by atoms with van der Waals surface area (Å²) in [5.74, 6) is 0. The van der Waals surface area contributed by atoms with E-state index in [1.807, 2.05) is 20.0 Å². The third-order valence-electron chi connectivity index (χ3n) is 3.82. The lowest BCUT2D eigenvalue weighted by Crippen LogP contribution is -2.28. The minimum atomic E-state index is -0.295. The van der Waals surface area contributed by atoms with Gasteiger partial charge in [0.25, 0.3) is 0 Å². The fraction of sp³-hybridized carbons (Fsp3) is 0.222. The molecule has 20 heavy (non-hydrogen) atoms. The molecule has 0 saturated carbocycles. The lowest BCUT2D eigenvalue weighted by Gasteiger charge is -2.25. The maximum absolute atomic E-state index is 6.14. The van der Waals surface area contributed by atoms with Crippen molar-refractivity contribution in [3.8, 4) is 0 Å². The van der Waals surface area contributed by atoms with Crippen LogP contribution >= 0.6 is 0 Å². The Morgan fingerprint density at radius 2 is 1.70 bits per heavy atom. The van der Waals surface area contributed by atoms with Gasteiger partial charge in [-0.2, -0.15) is 0 Å². The van der Waals surface area contributed by atoms with Crippen LogP contribution < -0.4 is 11.1 Å². The van der Waals surface area contributed by atoms with Crippen molar-refractivity contribution < 1.29 is 0 Å². The van der Waals surface area contributed by atoms with Gasteiger partial charge in [-0.3, -0.25) is 0 Å². The van der Waals surface area contributed by atoms with Crippen molar-refractivity contribution in [1.29, 1.82) is 0 Å². The summed E-state index contributed by atoms with van der Waals surface area (Å²) >= 11 is 0. The van der Waals surface area contributed by atoms with E-state index >= 15 is 0 Å². The first-order valence-corrected chi connectivity index (χ1v) is 6.96. The highest BCUT2D eigenvalue weighted by atomic mass is 14.9. The van der Waals surface area contributed by atoms with Crippen LogP contribution in [0.5, 0.6) is 0 Å². The summed E-state index contributed by atoms with van der Waals surface area (Å²) in [7, 11) is 0. The molecule has 0 bridgehead atoms. The highest BCUT2D eigenvalue weighted by Gasteiger charge is 2.19. The number of nitrogens with one attached hydrogen (secondary N) is 1. The topological polar surface area (TPSA) is 38.0 Å². The Hall–Kier alpha value is -2.06. The van der Waals surface area contributed by atoms with Crippen molar-refractivity contribution >= 4 is 6.08 Å². The molecule has 0 fully saturated rings. The van der Waals surface area contributed by atoms with Crippen LogP contribution in [0.2, 0.25) is 0 Å². The second kappa shape index (κ2) is 4.80. The average molecular weight is 264 g/mol. The predicted octanol–water partition coefficient (Wildman–Crippen LogP) is 3.54. The van der Waals surface area contributed by atoms with Crippen LogP contribution in [-0.4, -0.2) is 0 Å². The standard InChI is InChI=1S/C18H20N2/c1-18(2,19)15-9-7-14(8-10-15)17-16-6-4-3-5-13(16)11-12-20-17/h3-12,17,20H,19H2,1-2H3. The van der Waals surface area contributed by atoms with Gasteiger partial charge in [-0.15, -0.1) is 0 Å². The molecule has 3 rings (SSSR count). The van der Waals surface area contributed by atoms with E-state index in [1.165, 1.54) is 16.7 Å². The molecule has 2 heteroatoms. The molecule has 0 radical (unpaired) electrons. The molecule has 0 aliphatic carbocycles. The Kier molecular flexibility index (Phi) is 3.11. The van der Waals surface area contributed by atoms with Crippen molar-refractivity contribution in [2.45, 2.75) is 25.4 Å². The number of hydrogen-bond acceptors (Lipinski definition) is 2. The first-order chi connectivity index (χ1) is 9.55. The zero-order valence-electron chi connectivity index (χ0n) is 11.9. The SMILES string of the molecule is CC(C)(N)c1ccc(C2NC=Cc3ccccc32)cc1. The molecule has 1 aliphatic heterocycles. The second-order valence-corrected chi connectivity index (χ2v) is 5.91. The molecule has 1 aliphatic rings. The van der Waals surface area contributed by atoms with E-state index < -0.39 is 0 Å². The summed E-state index contributed by atoms with van der Waals surface area (Å²) in [4.78, 5) is 0. The van der Waals surface area contributed by atoms with Gasteiger partial charge in [-0.25, -0.2) is 0 Å². The normalized spacial score (nSPS) is 17.4. The predicted molar refractivity (Wildman–Crippen MR) is 84.1 cm³/mol. The van der Waals surface area contributed by atoms with Crippen molar-refractivity contribution in [3.63, 3.8) is 0 Å². The van der Waals surface area contributed by atoms with E-state index in [0.29, 0.717) is 0 Å². The highest BCUT2D eigenvalue weighted by Crippen LogP contribution is 2.29. The fourth-order valence-electron chi connectivity index (χ4n) is 2.63. The van der Waals surface area contributed by atoms with Crippen molar-refractivity contribution in [1.82, 2.24) is 5.32 Å². The third kappa shape index (κ3) is 2.35. The van der Waals surface area contributed by atoms with E-state index in [0.717, 1.165) is 5.56 Å². The lowest BCUT2D eigenvalue weighted by atomic mass is 9.89. The Morgan fingerprint density at radius 1 is 1.00 bits per heavy atom. The third-order valence-corrected chi connectivity index (χ3v) is 3.82. The van der Waals surface area contributed by atoms with E-state index in [1.54, 1.807) is 0 Å². The fourth-order valence-corrected chi connectivity index (χ4v) is 2.63. The number of hydrogen-bond donors (Lipinski definition) is 2. The van der Waals surface area contributed by atoms with E-state index in [4.69, 9.17) is 5.73 Å². The Balaban J connectivity index is 1.96. The second-order valence-electron chi connectivity index (χ2n) is 5.91. The quantitative estimate of drug-likeness (QED) is 0.870. The summed E-state index contributed by atoms with van der Waals surface area (Å²) in [5.41, 5.74) is 10.8. The summed E-state index contributed by atoms with van der Waals surface area (Å²) in [6, 6.07) is 17.3. The largest absolute Gasteiger partial charge is 0.380 e. The van der Waals surface area contributed by atoms with Crippen LogP contribution in [0.25, 0.3) is 6.08 Å². The summed E-state index contributed by atoms with van der Waals surface area (Å²) in [6.45, 7) is 4.05. The monoisotopic (exact) mass is 264 g/mol. The number of fused-ring (bicyclic) bond motifs is 1. The Morgan fingerprint density at radius 3 is 2.40 bits per heavy atom. The highest BCUT2D eigenvalue weighted by molar-refractivity contribution is 5.58.